The largest absolute Gasteiger partial charge is 0.573 e. The number of hydrogen-bond donors (Lipinski definition) is 1. The lowest BCUT2D eigenvalue weighted by molar-refractivity contribution is -0.274. The molecule has 1 N–H and O–H groups in total. The van der Waals surface area contributed by atoms with E-state index in [0.29, 0.717) is 29.9 Å². The molecule has 1 aliphatic heterocycles. The number of carbonyl (C=O) groups is 1. The third-order valence-corrected chi connectivity index (χ3v) is 7.99. The lowest BCUT2D eigenvalue weighted by Crippen LogP contribution is -2.45. The first-order valence-electron chi connectivity index (χ1n) is 12.1. The van der Waals surface area contributed by atoms with Gasteiger partial charge in [0.1, 0.15) is 29.9 Å². The lowest BCUT2D eigenvalue weighted by Gasteiger charge is -2.23. The fraction of sp³-hybridized carbons (Fsp3) is 0.296. The van der Waals surface area contributed by atoms with E-state index in [-0.39, 0.29) is 30.3 Å². The van der Waals surface area contributed by atoms with E-state index in [9.17, 15) is 26.4 Å². The molecule has 208 valence electrons. The molecule has 0 unspecified atom stereocenters. The minimum atomic E-state index is -4.76. The van der Waals surface area contributed by atoms with E-state index < -0.39 is 28.3 Å². The molecule has 1 heterocycles. The van der Waals surface area contributed by atoms with Crippen molar-refractivity contribution in [1.29, 1.82) is 0 Å². The van der Waals surface area contributed by atoms with E-state index in [1.54, 1.807) is 36.4 Å². The number of carbonyl (C=O) groups excluding carboxylic acids is 1. The van der Waals surface area contributed by atoms with Crippen molar-refractivity contribution in [2.24, 2.45) is 0 Å². The Kier molecular flexibility index (Phi) is 8.66. The second-order valence-electron chi connectivity index (χ2n) is 8.80. The number of benzene rings is 3. The van der Waals surface area contributed by atoms with Crippen LogP contribution >= 0.6 is 0 Å². The highest BCUT2D eigenvalue weighted by molar-refractivity contribution is 7.89. The fourth-order valence-corrected chi connectivity index (χ4v) is 5.89. The number of nitrogens with one attached hydrogen (secondary N) is 1. The van der Waals surface area contributed by atoms with E-state index in [1.807, 2.05) is 0 Å². The van der Waals surface area contributed by atoms with Gasteiger partial charge in [-0.1, -0.05) is 30.3 Å². The third kappa shape index (κ3) is 7.42. The van der Waals surface area contributed by atoms with Crippen LogP contribution in [0.1, 0.15) is 24.0 Å². The van der Waals surface area contributed by atoms with Crippen LogP contribution in [0.3, 0.4) is 0 Å². The second kappa shape index (κ2) is 12.0. The quantitative estimate of drug-likeness (QED) is 0.386. The molecule has 12 heteroatoms. The fourth-order valence-electron chi connectivity index (χ4n) is 4.19. The van der Waals surface area contributed by atoms with Gasteiger partial charge in [0, 0.05) is 19.2 Å². The molecule has 39 heavy (non-hydrogen) atoms. The molecular weight excluding hydrogens is 537 g/mol. The Bertz CT molecular complexity index is 1400. The SMILES string of the molecule is COc1cccc(S(=O)(=O)N2CCC[C@H]2C(=O)NCc2cccc(OCc3ccc(OC(F)(F)F)cc3)c2)c1. The van der Waals surface area contributed by atoms with Gasteiger partial charge in [-0.2, -0.15) is 4.31 Å². The Balaban J connectivity index is 1.34. The highest BCUT2D eigenvalue weighted by Gasteiger charge is 2.39. The average Bonchev–Trinajstić information content (AvgIpc) is 3.42. The van der Waals surface area contributed by atoms with Gasteiger partial charge in [0.15, 0.2) is 0 Å². The number of methoxy groups -OCH3 is 1. The third-order valence-electron chi connectivity index (χ3n) is 6.08. The Hall–Kier alpha value is -3.77. The minimum Gasteiger partial charge on any atom is -0.497 e. The average molecular weight is 565 g/mol. The summed E-state index contributed by atoms with van der Waals surface area (Å²) in [6, 6.07) is 17.6. The van der Waals surface area contributed by atoms with E-state index in [1.165, 1.54) is 47.8 Å². The van der Waals surface area contributed by atoms with Gasteiger partial charge in [0.2, 0.25) is 15.9 Å². The number of alkyl halides is 3. The Morgan fingerprint density at radius 1 is 0.974 bits per heavy atom. The van der Waals surface area contributed by atoms with Crippen molar-refractivity contribution < 1.29 is 40.6 Å². The summed E-state index contributed by atoms with van der Waals surface area (Å²) in [6.45, 7) is 0.509. The van der Waals surface area contributed by atoms with Crippen molar-refractivity contribution >= 4 is 15.9 Å². The van der Waals surface area contributed by atoms with Gasteiger partial charge >= 0.3 is 6.36 Å². The molecule has 8 nitrogen and oxygen atoms in total. The van der Waals surface area contributed by atoms with Crippen molar-refractivity contribution in [2.45, 2.75) is 43.3 Å². The molecular formula is C27H27F3N2O6S. The number of nitrogens with zero attached hydrogens (tertiary/aromatic N) is 1. The van der Waals surface area contributed by atoms with Crippen LogP contribution in [0.2, 0.25) is 0 Å². The smallest absolute Gasteiger partial charge is 0.497 e. The molecule has 0 aliphatic carbocycles. The zero-order valence-electron chi connectivity index (χ0n) is 21.0. The zero-order chi connectivity index (χ0) is 28.0. The molecule has 3 aromatic rings. The van der Waals surface area contributed by atoms with Gasteiger partial charge in [-0.15, -0.1) is 13.2 Å². The van der Waals surface area contributed by atoms with Crippen LogP contribution in [0.15, 0.2) is 77.7 Å². The predicted molar refractivity (Wildman–Crippen MR) is 136 cm³/mol. The Morgan fingerprint density at radius 2 is 1.69 bits per heavy atom. The number of hydrogen-bond acceptors (Lipinski definition) is 6. The van der Waals surface area contributed by atoms with Crippen LogP contribution in [-0.2, 0) is 28.0 Å². The summed E-state index contributed by atoms with van der Waals surface area (Å²) in [6.07, 6.45) is -3.78. The summed E-state index contributed by atoms with van der Waals surface area (Å²) in [5.41, 5.74) is 1.37. The number of halogens is 3. The first kappa shape index (κ1) is 28.2. The van der Waals surface area contributed by atoms with Crippen LogP contribution < -0.4 is 19.5 Å². The summed E-state index contributed by atoms with van der Waals surface area (Å²) in [7, 11) is -2.44. The summed E-state index contributed by atoms with van der Waals surface area (Å²) < 4.78 is 79.3. The summed E-state index contributed by atoms with van der Waals surface area (Å²) >= 11 is 0. The van der Waals surface area contributed by atoms with Crippen LogP contribution in [-0.4, -0.2) is 44.7 Å². The first-order valence-corrected chi connectivity index (χ1v) is 13.5. The van der Waals surface area contributed by atoms with Crippen molar-refractivity contribution in [3.05, 3.63) is 83.9 Å². The topological polar surface area (TPSA) is 94.2 Å². The number of amides is 1. The standard InChI is InChI=1S/C27H27F3N2O6S/c1-36-22-6-3-8-24(16-22)39(34,35)32-14-4-9-25(32)26(33)31-17-20-5-2-7-23(15-20)37-18-19-10-12-21(13-11-19)38-27(28,29)30/h2-3,5-8,10-13,15-16,25H,4,9,14,17-18H2,1H3,(H,31,33)/t25-/m0/s1. The van der Waals surface area contributed by atoms with Gasteiger partial charge in [0.25, 0.3) is 0 Å². The predicted octanol–water partition coefficient (Wildman–Crippen LogP) is 4.64. The molecule has 0 saturated carbocycles. The zero-order valence-corrected chi connectivity index (χ0v) is 21.8. The van der Waals surface area contributed by atoms with E-state index in [0.717, 1.165) is 5.56 Å². The van der Waals surface area contributed by atoms with Crippen molar-refractivity contribution in [2.75, 3.05) is 13.7 Å². The Labute approximate surface area is 224 Å². The summed E-state index contributed by atoms with van der Waals surface area (Å²) in [5, 5.41) is 2.81. The highest BCUT2D eigenvalue weighted by atomic mass is 32.2. The van der Waals surface area contributed by atoms with Crippen LogP contribution in [0, 0.1) is 0 Å². The van der Waals surface area contributed by atoms with Gasteiger partial charge in [-0.25, -0.2) is 8.42 Å². The summed E-state index contributed by atoms with van der Waals surface area (Å²) in [4.78, 5) is 13.1. The van der Waals surface area contributed by atoms with Gasteiger partial charge < -0.3 is 19.5 Å². The van der Waals surface area contributed by atoms with Crippen molar-refractivity contribution in [3.8, 4) is 17.2 Å². The maximum atomic E-state index is 13.2. The van der Waals surface area contributed by atoms with E-state index >= 15 is 0 Å². The molecule has 3 aromatic carbocycles. The molecule has 1 atom stereocenters. The molecule has 0 radical (unpaired) electrons. The molecule has 1 fully saturated rings. The Morgan fingerprint density at radius 3 is 2.41 bits per heavy atom. The van der Waals surface area contributed by atoms with Gasteiger partial charge in [-0.05, 0) is 60.4 Å². The number of rotatable bonds is 10. The lowest BCUT2D eigenvalue weighted by atomic mass is 10.2. The second-order valence-corrected chi connectivity index (χ2v) is 10.7. The van der Waals surface area contributed by atoms with Crippen LogP contribution in [0.4, 0.5) is 13.2 Å². The van der Waals surface area contributed by atoms with Crippen molar-refractivity contribution in [1.82, 2.24) is 9.62 Å². The van der Waals surface area contributed by atoms with Crippen LogP contribution in [0.5, 0.6) is 17.2 Å². The molecule has 1 amide bonds. The molecule has 1 saturated heterocycles. The molecule has 1 aliphatic rings. The molecule has 4 rings (SSSR count). The van der Waals surface area contributed by atoms with Crippen LogP contribution in [0.25, 0.3) is 0 Å². The molecule has 0 aromatic heterocycles. The van der Waals surface area contributed by atoms with Crippen molar-refractivity contribution in [3.63, 3.8) is 0 Å². The van der Waals surface area contributed by atoms with E-state index in [4.69, 9.17) is 9.47 Å². The monoisotopic (exact) mass is 564 g/mol. The van der Waals surface area contributed by atoms with Gasteiger partial charge in [0.05, 0.1) is 12.0 Å². The summed E-state index contributed by atoms with van der Waals surface area (Å²) in [5.74, 6) is 0.193. The maximum Gasteiger partial charge on any atom is 0.573 e. The normalized spacial score (nSPS) is 16.1. The maximum absolute atomic E-state index is 13.2. The van der Waals surface area contributed by atoms with E-state index in [2.05, 4.69) is 10.1 Å². The number of ether oxygens (including phenoxy) is 3. The first-order chi connectivity index (χ1) is 18.5. The van der Waals surface area contributed by atoms with Gasteiger partial charge in [-0.3, -0.25) is 4.79 Å². The number of sulfonamides is 1. The minimum absolute atomic E-state index is 0.0638. The molecule has 0 spiro atoms. The molecule has 0 bridgehead atoms. The highest BCUT2D eigenvalue weighted by Crippen LogP contribution is 2.28.